The molecule has 0 aromatic rings. The minimum absolute atomic E-state index is 0.120. The lowest BCUT2D eigenvalue weighted by Gasteiger charge is -2.29. The highest BCUT2D eigenvalue weighted by Gasteiger charge is 2.50. The van der Waals surface area contributed by atoms with E-state index in [1.165, 1.54) is 38.9 Å². The third-order valence-electron chi connectivity index (χ3n) is 5.43. The minimum atomic E-state index is -0.579. The number of carboxylic acids is 1. The van der Waals surface area contributed by atoms with Gasteiger partial charge in [-0.2, -0.15) is 0 Å². The lowest BCUT2D eigenvalue weighted by molar-refractivity contribution is -0.144. The van der Waals surface area contributed by atoms with E-state index >= 15 is 0 Å². The molecular formula is C15H26N2O2. The fourth-order valence-electron chi connectivity index (χ4n) is 4.52. The first-order chi connectivity index (χ1) is 9.25. The van der Waals surface area contributed by atoms with Gasteiger partial charge >= 0.3 is 5.97 Å². The number of aliphatic carboxylic acids is 1. The molecule has 4 heteroatoms. The molecule has 2 bridgehead atoms. The predicted molar refractivity (Wildman–Crippen MR) is 74.0 cm³/mol. The van der Waals surface area contributed by atoms with Crippen molar-refractivity contribution in [2.24, 2.45) is 17.8 Å². The molecule has 0 amide bonds. The van der Waals surface area contributed by atoms with Crippen molar-refractivity contribution in [1.29, 1.82) is 0 Å². The summed E-state index contributed by atoms with van der Waals surface area (Å²) in [7, 11) is 0. The van der Waals surface area contributed by atoms with Crippen LogP contribution in [-0.2, 0) is 4.79 Å². The van der Waals surface area contributed by atoms with E-state index in [2.05, 4.69) is 10.2 Å². The molecule has 0 aromatic carbocycles. The Hall–Kier alpha value is -0.610. The number of likely N-dealkylation sites (tertiary alicyclic amines) is 1. The van der Waals surface area contributed by atoms with Crippen LogP contribution in [0.1, 0.15) is 38.5 Å². The highest BCUT2D eigenvalue weighted by Crippen LogP contribution is 2.48. The Bertz CT molecular complexity index is 328. The van der Waals surface area contributed by atoms with Gasteiger partial charge in [0.1, 0.15) is 0 Å². The van der Waals surface area contributed by atoms with Crippen molar-refractivity contribution >= 4 is 5.97 Å². The van der Waals surface area contributed by atoms with Crippen LogP contribution in [0, 0.1) is 17.8 Å². The average molecular weight is 266 g/mol. The molecule has 3 aliphatic rings. The van der Waals surface area contributed by atoms with E-state index in [0.29, 0.717) is 11.8 Å². The summed E-state index contributed by atoms with van der Waals surface area (Å²) in [5.74, 6) is 0.367. The van der Waals surface area contributed by atoms with Crippen LogP contribution in [0.4, 0.5) is 0 Å². The monoisotopic (exact) mass is 266 g/mol. The fraction of sp³-hybridized carbons (Fsp3) is 0.933. The van der Waals surface area contributed by atoms with Crippen molar-refractivity contribution in [3.05, 3.63) is 0 Å². The van der Waals surface area contributed by atoms with Gasteiger partial charge in [0.15, 0.2) is 0 Å². The molecule has 1 aliphatic heterocycles. The van der Waals surface area contributed by atoms with Gasteiger partial charge in [0.2, 0.25) is 0 Å². The van der Waals surface area contributed by atoms with E-state index in [1.54, 1.807) is 0 Å². The summed E-state index contributed by atoms with van der Waals surface area (Å²) in [5, 5.41) is 12.9. The van der Waals surface area contributed by atoms with Crippen molar-refractivity contribution in [3.63, 3.8) is 0 Å². The summed E-state index contributed by atoms with van der Waals surface area (Å²) in [6.45, 7) is 4.66. The normalized spacial score (nSPS) is 38.1. The molecule has 1 saturated heterocycles. The Kier molecular flexibility index (Phi) is 4.08. The maximum absolute atomic E-state index is 11.4. The van der Waals surface area contributed by atoms with Crippen LogP contribution in [0.2, 0.25) is 0 Å². The fourth-order valence-corrected chi connectivity index (χ4v) is 4.52. The van der Waals surface area contributed by atoms with Crippen LogP contribution >= 0.6 is 0 Å². The standard InChI is InChI=1S/C15H26N2O2/c18-15(19)13-11-4-5-12(10-11)14(13)16-6-3-9-17-7-1-2-8-17/h11-14,16H,1-10H2,(H,18,19). The quantitative estimate of drug-likeness (QED) is 0.716. The molecule has 4 nitrogen and oxygen atoms in total. The molecule has 0 radical (unpaired) electrons. The van der Waals surface area contributed by atoms with Crippen LogP contribution in [0.25, 0.3) is 0 Å². The number of carboxylic acid groups (broad SMARTS) is 1. The Morgan fingerprint density at radius 1 is 1.21 bits per heavy atom. The molecule has 0 spiro atoms. The summed E-state index contributed by atoms with van der Waals surface area (Å²) in [4.78, 5) is 13.9. The molecule has 2 N–H and O–H groups in total. The second-order valence-corrected chi connectivity index (χ2v) is 6.58. The van der Waals surface area contributed by atoms with Gasteiger partial charge in [0.25, 0.3) is 0 Å². The van der Waals surface area contributed by atoms with E-state index < -0.39 is 5.97 Å². The number of hydrogen-bond acceptors (Lipinski definition) is 3. The van der Waals surface area contributed by atoms with Crippen LogP contribution < -0.4 is 5.32 Å². The lowest BCUT2D eigenvalue weighted by Crippen LogP contribution is -2.45. The lowest BCUT2D eigenvalue weighted by atomic mass is 9.84. The van der Waals surface area contributed by atoms with Gasteiger partial charge in [-0.1, -0.05) is 0 Å². The molecular weight excluding hydrogens is 240 g/mol. The van der Waals surface area contributed by atoms with Gasteiger partial charge in [0.05, 0.1) is 5.92 Å². The van der Waals surface area contributed by atoms with Gasteiger partial charge in [-0.3, -0.25) is 4.79 Å². The van der Waals surface area contributed by atoms with Gasteiger partial charge in [0, 0.05) is 6.04 Å². The predicted octanol–water partition coefficient (Wildman–Crippen LogP) is 1.56. The van der Waals surface area contributed by atoms with Gasteiger partial charge in [-0.25, -0.2) is 0 Å². The Morgan fingerprint density at radius 2 is 1.95 bits per heavy atom. The molecule has 0 aromatic heterocycles. The van der Waals surface area contributed by atoms with Crippen molar-refractivity contribution in [2.45, 2.75) is 44.6 Å². The maximum Gasteiger partial charge on any atom is 0.308 e. The molecule has 4 atom stereocenters. The first kappa shape index (κ1) is 13.4. The molecule has 108 valence electrons. The number of nitrogens with one attached hydrogen (secondary N) is 1. The second-order valence-electron chi connectivity index (χ2n) is 6.58. The topological polar surface area (TPSA) is 52.6 Å². The number of fused-ring (bicyclic) bond motifs is 2. The molecule has 2 saturated carbocycles. The third-order valence-corrected chi connectivity index (χ3v) is 5.43. The van der Waals surface area contributed by atoms with Crippen molar-refractivity contribution in [2.75, 3.05) is 26.2 Å². The van der Waals surface area contributed by atoms with E-state index in [-0.39, 0.29) is 12.0 Å². The summed E-state index contributed by atoms with van der Waals surface area (Å²) < 4.78 is 0. The van der Waals surface area contributed by atoms with Gasteiger partial charge in [-0.05, 0) is 76.5 Å². The summed E-state index contributed by atoms with van der Waals surface area (Å²) >= 11 is 0. The van der Waals surface area contributed by atoms with E-state index in [1.807, 2.05) is 0 Å². The zero-order chi connectivity index (χ0) is 13.2. The Morgan fingerprint density at radius 3 is 2.68 bits per heavy atom. The van der Waals surface area contributed by atoms with Crippen LogP contribution in [0.15, 0.2) is 0 Å². The zero-order valence-electron chi connectivity index (χ0n) is 11.7. The molecule has 19 heavy (non-hydrogen) atoms. The van der Waals surface area contributed by atoms with Crippen LogP contribution in [-0.4, -0.2) is 48.2 Å². The van der Waals surface area contributed by atoms with E-state index in [0.717, 1.165) is 25.8 Å². The number of hydrogen-bond donors (Lipinski definition) is 2. The molecule has 3 rings (SSSR count). The molecule has 2 aliphatic carbocycles. The van der Waals surface area contributed by atoms with E-state index in [4.69, 9.17) is 0 Å². The third kappa shape index (κ3) is 2.79. The molecule has 3 fully saturated rings. The van der Waals surface area contributed by atoms with Crippen LogP contribution in [0.5, 0.6) is 0 Å². The maximum atomic E-state index is 11.4. The highest BCUT2D eigenvalue weighted by atomic mass is 16.4. The molecule has 1 heterocycles. The van der Waals surface area contributed by atoms with Gasteiger partial charge < -0.3 is 15.3 Å². The van der Waals surface area contributed by atoms with Crippen LogP contribution in [0.3, 0.4) is 0 Å². The second kappa shape index (κ2) is 5.80. The Labute approximate surface area is 115 Å². The highest BCUT2D eigenvalue weighted by molar-refractivity contribution is 5.72. The average Bonchev–Trinajstić information content (AvgIpc) is 3.10. The summed E-state index contributed by atoms with van der Waals surface area (Å²) in [6.07, 6.45) is 7.36. The van der Waals surface area contributed by atoms with Crippen molar-refractivity contribution in [3.8, 4) is 0 Å². The number of rotatable bonds is 6. The number of carbonyl (C=O) groups is 1. The molecule has 4 unspecified atom stereocenters. The largest absolute Gasteiger partial charge is 0.481 e. The van der Waals surface area contributed by atoms with Crippen molar-refractivity contribution in [1.82, 2.24) is 10.2 Å². The first-order valence-corrected chi connectivity index (χ1v) is 7.94. The number of nitrogens with zero attached hydrogens (tertiary/aromatic N) is 1. The summed E-state index contributed by atoms with van der Waals surface area (Å²) in [5.41, 5.74) is 0. The first-order valence-electron chi connectivity index (χ1n) is 7.94. The van der Waals surface area contributed by atoms with Gasteiger partial charge in [-0.15, -0.1) is 0 Å². The Balaban J connectivity index is 1.42. The van der Waals surface area contributed by atoms with Crippen molar-refractivity contribution < 1.29 is 9.90 Å². The summed E-state index contributed by atoms with van der Waals surface area (Å²) in [6, 6.07) is 0.245. The smallest absolute Gasteiger partial charge is 0.308 e. The minimum Gasteiger partial charge on any atom is -0.481 e. The van der Waals surface area contributed by atoms with E-state index in [9.17, 15) is 9.90 Å². The SMILES string of the molecule is O=C(O)C1C2CCC(C2)C1NCCCN1CCCC1. The zero-order valence-corrected chi connectivity index (χ0v) is 11.7.